The molecule has 0 aliphatic heterocycles. The molecule has 5 heteroatoms. The van der Waals surface area contributed by atoms with Gasteiger partial charge in [-0.1, -0.05) is 59.8 Å². The van der Waals surface area contributed by atoms with Gasteiger partial charge in [-0.05, 0) is 17.9 Å². The number of hydrogen-bond acceptors (Lipinski definition) is 3. The van der Waals surface area contributed by atoms with Crippen LogP contribution in [0, 0.1) is 0 Å². The lowest BCUT2D eigenvalue weighted by atomic mass is 10.0. The number of hydrogen-bond donors (Lipinski definition) is 0. The van der Waals surface area contributed by atoms with Gasteiger partial charge in [-0.25, -0.2) is 8.42 Å². The minimum absolute atomic E-state index is 0.0903. The highest BCUT2D eigenvalue weighted by atomic mass is 32.2. The van der Waals surface area contributed by atoms with Crippen molar-refractivity contribution in [1.82, 2.24) is 0 Å². The van der Waals surface area contributed by atoms with E-state index in [2.05, 4.69) is 20.8 Å². The van der Waals surface area contributed by atoms with E-state index in [1.807, 2.05) is 6.92 Å². The predicted octanol–water partition coefficient (Wildman–Crippen LogP) is 3.39. The first-order valence-corrected chi connectivity index (χ1v) is 10.1. The summed E-state index contributed by atoms with van der Waals surface area (Å²) in [5.74, 6) is 0.159. The summed E-state index contributed by atoms with van der Waals surface area (Å²) in [4.78, 5) is 0. The van der Waals surface area contributed by atoms with E-state index in [9.17, 15) is 8.42 Å². The molecule has 110 valence electrons. The summed E-state index contributed by atoms with van der Waals surface area (Å²) in [5, 5.41) is 0.0903. The van der Waals surface area contributed by atoms with Gasteiger partial charge in [0.2, 0.25) is 0 Å². The largest absolute Gasteiger partial charge is 0.322 e. The first-order valence-electron chi connectivity index (χ1n) is 7.20. The molecular formula is C13H30O3SSi. The normalized spacial score (nSPS) is 13.6. The van der Waals surface area contributed by atoms with Gasteiger partial charge in [0.05, 0.1) is 5.75 Å². The molecule has 0 saturated heterocycles. The van der Waals surface area contributed by atoms with Crippen molar-refractivity contribution in [1.29, 1.82) is 0 Å². The van der Waals surface area contributed by atoms with Crippen molar-refractivity contribution in [2.75, 3.05) is 5.75 Å². The lowest BCUT2D eigenvalue weighted by molar-refractivity contribution is 0.457. The predicted molar refractivity (Wildman–Crippen MR) is 81.1 cm³/mol. The zero-order valence-corrected chi connectivity index (χ0v) is 14.7. The summed E-state index contributed by atoms with van der Waals surface area (Å²) in [7, 11) is -4.26. The van der Waals surface area contributed by atoms with Gasteiger partial charge < -0.3 is 3.87 Å². The highest BCUT2D eigenvalue weighted by Crippen LogP contribution is 2.31. The van der Waals surface area contributed by atoms with E-state index < -0.39 is 19.9 Å². The van der Waals surface area contributed by atoms with Crippen LogP contribution in [0.15, 0.2) is 0 Å². The summed E-state index contributed by atoms with van der Waals surface area (Å²) in [6.45, 7) is 8.35. The SMILES string of the molecule is CCCCCCCC(C)(C)[SiH2]OS(=O)(=O)CCC. The zero-order chi connectivity index (χ0) is 14.1. The van der Waals surface area contributed by atoms with E-state index in [1.165, 1.54) is 32.1 Å². The minimum atomic E-state index is -3.24. The van der Waals surface area contributed by atoms with Crippen molar-refractivity contribution in [3.05, 3.63) is 0 Å². The van der Waals surface area contributed by atoms with Crippen LogP contribution in [0.1, 0.15) is 72.6 Å². The maximum atomic E-state index is 11.5. The van der Waals surface area contributed by atoms with Gasteiger partial charge in [0.1, 0.15) is 0 Å². The van der Waals surface area contributed by atoms with Crippen LogP contribution >= 0.6 is 0 Å². The molecule has 18 heavy (non-hydrogen) atoms. The average Bonchev–Trinajstić information content (AvgIpc) is 2.27. The highest BCUT2D eigenvalue weighted by Gasteiger charge is 2.22. The molecule has 0 aliphatic carbocycles. The maximum Gasteiger partial charge on any atom is 0.257 e. The second kappa shape index (κ2) is 9.10. The van der Waals surface area contributed by atoms with E-state index in [-0.39, 0.29) is 10.8 Å². The summed E-state index contributed by atoms with van der Waals surface area (Å²) < 4.78 is 28.2. The van der Waals surface area contributed by atoms with Gasteiger partial charge in [0, 0.05) is 0 Å². The lowest BCUT2D eigenvalue weighted by Gasteiger charge is -2.23. The van der Waals surface area contributed by atoms with Crippen LogP contribution in [0.3, 0.4) is 0 Å². The van der Waals surface area contributed by atoms with Crippen LogP contribution in [0.2, 0.25) is 5.04 Å². The lowest BCUT2D eigenvalue weighted by Crippen LogP contribution is -2.21. The molecule has 0 unspecified atom stereocenters. The van der Waals surface area contributed by atoms with Crippen molar-refractivity contribution in [3.8, 4) is 0 Å². The van der Waals surface area contributed by atoms with Crippen LogP contribution in [0.5, 0.6) is 0 Å². The third kappa shape index (κ3) is 10.1. The van der Waals surface area contributed by atoms with Gasteiger partial charge in [0.25, 0.3) is 10.1 Å². The molecule has 0 amide bonds. The van der Waals surface area contributed by atoms with Crippen molar-refractivity contribution < 1.29 is 12.3 Å². The summed E-state index contributed by atoms with van der Waals surface area (Å²) in [5.41, 5.74) is 0. The smallest absolute Gasteiger partial charge is 0.257 e. The summed E-state index contributed by atoms with van der Waals surface area (Å²) >= 11 is 0. The topological polar surface area (TPSA) is 43.4 Å². The Hall–Kier alpha value is 0.127. The fraction of sp³-hybridized carbons (Fsp3) is 1.00. The summed E-state index contributed by atoms with van der Waals surface area (Å²) in [6.07, 6.45) is 8.03. The fourth-order valence-electron chi connectivity index (χ4n) is 1.84. The van der Waals surface area contributed by atoms with Crippen LogP contribution in [0.25, 0.3) is 0 Å². The van der Waals surface area contributed by atoms with Gasteiger partial charge in [-0.3, -0.25) is 0 Å². The third-order valence-electron chi connectivity index (χ3n) is 3.04. The quantitative estimate of drug-likeness (QED) is 0.433. The van der Waals surface area contributed by atoms with Crippen LogP contribution in [0.4, 0.5) is 0 Å². The molecule has 3 nitrogen and oxygen atoms in total. The first kappa shape index (κ1) is 18.1. The second-order valence-corrected chi connectivity index (χ2v) is 10.5. The Balaban J connectivity index is 3.86. The molecule has 0 fully saturated rings. The van der Waals surface area contributed by atoms with Gasteiger partial charge in [0.15, 0.2) is 9.76 Å². The molecule has 0 heterocycles. The molecule has 0 saturated carbocycles. The molecule has 0 radical (unpaired) electrons. The minimum Gasteiger partial charge on any atom is -0.322 e. The van der Waals surface area contributed by atoms with E-state index >= 15 is 0 Å². The Kier molecular flexibility index (Phi) is 9.16. The van der Waals surface area contributed by atoms with Gasteiger partial charge in [-0.15, -0.1) is 0 Å². The Morgan fingerprint density at radius 1 is 1.00 bits per heavy atom. The number of rotatable bonds is 11. The van der Waals surface area contributed by atoms with E-state index in [0.29, 0.717) is 6.42 Å². The molecule has 0 aromatic heterocycles. The van der Waals surface area contributed by atoms with Crippen molar-refractivity contribution >= 4 is 19.9 Å². The molecule has 0 bridgehead atoms. The number of unbranched alkanes of at least 4 members (excludes halogenated alkanes) is 4. The van der Waals surface area contributed by atoms with E-state index in [4.69, 9.17) is 3.87 Å². The first-order chi connectivity index (χ1) is 8.33. The Bertz CT molecular complexity index is 299. The standard InChI is InChI=1S/C13H30O3SSi/c1-5-7-8-9-10-11-13(3,4)18-16-17(14,15)12-6-2/h5-12,18H2,1-4H3. The second-order valence-electron chi connectivity index (χ2n) is 5.85. The van der Waals surface area contributed by atoms with Gasteiger partial charge in [-0.2, -0.15) is 0 Å². The Morgan fingerprint density at radius 2 is 1.61 bits per heavy atom. The highest BCUT2D eigenvalue weighted by molar-refractivity contribution is 7.87. The molecule has 0 spiro atoms. The van der Waals surface area contributed by atoms with Crippen LogP contribution in [-0.4, -0.2) is 23.9 Å². The molecular weight excluding hydrogens is 264 g/mol. The van der Waals surface area contributed by atoms with Crippen molar-refractivity contribution in [2.24, 2.45) is 0 Å². The molecule has 0 aliphatic rings. The maximum absolute atomic E-state index is 11.5. The van der Waals surface area contributed by atoms with E-state index in [1.54, 1.807) is 0 Å². The molecule has 0 N–H and O–H groups in total. The summed E-state index contributed by atoms with van der Waals surface area (Å²) in [6, 6.07) is 0. The molecule has 0 atom stereocenters. The third-order valence-corrected chi connectivity index (χ3v) is 6.99. The fourth-order valence-corrected chi connectivity index (χ4v) is 5.20. The van der Waals surface area contributed by atoms with Gasteiger partial charge >= 0.3 is 0 Å². The monoisotopic (exact) mass is 294 g/mol. The Labute approximate surface area is 116 Å². The molecule has 0 rings (SSSR count). The van der Waals surface area contributed by atoms with Crippen molar-refractivity contribution in [3.63, 3.8) is 0 Å². The van der Waals surface area contributed by atoms with E-state index in [0.717, 1.165) is 6.42 Å². The molecule has 0 aromatic rings. The Morgan fingerprint density at radius 3 is 2.17 bits per heavy atom. The van der Waals surface area contributed by atoms with Crippen molar-refractivity contribution in [2.45, 2.75) is 77.7 Å². The van der Waals surface area contributed by atoms with Crippen LogP contribution in [-0.2, 0) is 14.0 Å². The van der Waals surface area contributed by atoms with Crippen LogP contribution < -0.4 is 0 Å². The zero-order valence-electron chi connectivity index (χ0n) is 12.5. The average molecular weight is 295 g/mol. The molecule has 0 aromatic carbocycles.